The number of carbonyl (C=O) groups excluding carboxylic acids is 1. The van der Waals surface area contributed by atoms with Crippen molar-refractivity contribution in [2.24, 2.45) is 0 Å². The second kappa shape index (κ2) is 7.82. The van der Waals surface area contributed by atoms with Crippen LogP contribution in [0.5, 0.6) is 0 Å². The summed E-state index contributed by atoms with van der Waals surface area (Å²) >= 11 is 0. The van der Waals surface area contributed by atoms with Crippen LogP contribution in [0.15, 0.2) is 72.8 Å². The highest BCUT2D eigenvalue weighted by atomic mass is 19.1. The lowest BCUT2D eigenvalue weighted by atomic mass is 9.91. The van der Waals surface area contributed by atoms with Gasteiger partial charge in [0.25, 0.3) is 0 Å². The van der Waals surface area contributed by atoms with E-state index in [1.165, 1.54) is 64.4 Å². The summed E-state index contributed by atoms with van der Waals surface area (Å²) in [6.07, 6.45) is 0.361. The van der Waals surface area contributed by atoms with Crippen molar-refractivity contribution in [2.45, 2.75) is 25.1 Å². The number of carbonyl (C=O) groups is 1. The summed E-state index contributed by atoms with van der Waals surface area (Å²) in [7, 11) is 0. The summed E-state index contributed by atoms with van der Waals surface area (Å²) in [6.45, 7) is 9.14. The minimum Gasteiger partial charge on any atom is -0.365 e. The van der Waals surface area contributed by atoms with Crippen molar-refractivity contribution >= 4 is 23.1 Å². The number of benzene rings is 3. The molecule has 0 saturated carbocycles. The van der Waals surface area contributed by atoms with Gasteiger partial charge in [-0.25, -0.2) is 18.4 Å². The molecular formula is C24H19F2N3O2. The molecular weight excluding hydrogens is 400 g/mol. The van der Waals surface area contributed by atoms with E-state index in [0.29, 0.717) is 29.0 Å². The standard InChI is InChI=1S/C24H19F2N3O2/c1-3-22-24(31,16-5-4-6-19(15-16)27-2)29(21-13-9-18(26)10-14-21)23(30)28(22)20-11-7-17(25)8-12-20/h4-15,22,31H,3H2,1H3. The Labute approximate surface area is 178 Å². The van der Waals surface area contributed by atoms with Crippen LogP contribution >= 0.6 is 0 Å². The van der Waals surface area contributed by atoms with Crippen LogP contribution in [0.2, 0.25) is 0 Å². The molecule has 0 aliphatic carbocycles. The summed E-state index contributed by atoms with van der Waals surface area (Å²) in [6, 6.07) is 15.8. The van der Waals surface area contributed by atoms with Crippen molar-refractivity contribution < 1.29 is 18.7 Å². The second-order valence-corrected chi connectivity index (χ2v) is 7.25. The van der Waals surface area contributed by atoms with Gasteiger partial charge >= 0.3 is 6.03 Å². The molecule has 1 aliphatic heterocycles. The smallest absolute Gasteiger partial charge is 0.332 e. The molecule has 0 spiro atoms. The summed E-state index contributed by atoms with van der Waals surface area (Å²) in [4.78, 5) is 19.7. The third-order valence-electron chi connectivity index (χ3n) is 5.49. The van der Waals surface area contributed by atoms with E-state index in [4.69, 9.17) is 6.57 Å². The zero-order valence-electron chi connectivity index (χ0n) is 16.7. The van der Waals surface area contributed by atoms with Gasteiger partial charge in [0.2, 0.25) is 0 Å². The molecule has 3 aromatic rings. The molecule has 5 nitrogen and oxygen atoms in total. The van der Waals surface area contributed by atoms with Gasteiger partial charge < -0.3 is 5.11 Å². The van der Waals surface area contributed by atoms with Gasteiger partial charge in [0, 0.05) is 11.4 Å². The van der Waals surface area contributed by atoms with Crippen molar-refractivity contribution in [1.82, 2.24) is 0 Å². The largest absolute Gasteiger partial charge is 0.365 e. The molecule has 0 radical (unpaired) electrons. The number of rotatable bonds is 4. The molecule has 1 N–H and O–H groups in total. The summed E-state index contributed by atoms with van der Waals surface area (Å²) in [5.41, 5.74) is -0.464. The topological polar surface area (TPSA) is 48.1 Å². The van der Waals surface area contributed by atoms with E-state index in [9.17, 15) is 18.7 Å². The Hall–Kier alpha value is -3.76. The van der Waals surface area contributed by atoms with Crippen LogP contribution in [0.25, 0.3) is 4.85 Å². The highest BCUT2D eigenvalue weighted by Gasteiger charge is 2.57. The molecule has 3 aromatic carbocycles. The predicted molar refractivity (Wildman–Crippen MR) is 114 cm³/mol. The molecule has 4 rings (SSSR count). The lowest BCUT2D eigenvalue weighted by Gasteiger charge is -2.37. The molecule has 2 amide bonds. The lowest BCUT2D eigenvalue weighted by Crippen LogP contribution is -2.49. The van der Waals surface area contributed by atoms with Gasteiger partial charge in [-0.3, -0.25) is 9.80 Å². The normalized spacial score (nSPS) is 20.7. The zero-order chi connectivity index (χ0) is 22.2. The first-order chi connectivity index (χ1) is 14.9. The Balaban J connectivity index is 1.95. The van der Waals surface area contributed by atoms with Crippen LogP contribution in [0, 0.1) is 18.2 Å². The molecule has 2 atom stereocenters. The Morgan fingerprint density at radius 3 is 2.13 bits per heavy atom. The van der Waals surface area contributed by atoms with Gasteiger partial charge in [0.05, 0.1) is 12.6 Å². The second-order valence-electron chi connectivity index (χ2n) is 7.25. The van der Waals surface area contributed by atoms with Gasteiger partial charge in [-0.1, -0.05) is 25.1 Å². The average Bonchev–Trinajstić information content (AvgIpc) is 3.02. The molecule has 2 unspecified atom stereocenters. The number of urea groups is 1. The molecule has 0 bridgehead atoms. The Morgan fingerprint density at radius 2 is 1.58 bits per heavy atom. The summed E-state index contributed by atoms with van der Waals surface area (Å²) < 4.78 is 27.1. The first-order valence-corrected chi connectivity index (χ1v) is 9.75. The van der Waals surface area contributed by atoms with Gasteiger partial charge in [-0.05, 0) is 66.6 Å². The fraction of sp³-hybridized carbons (Fsp3) is 0.167. The highest BCUT2D eigenvalue weighted by molar-refractivity contribution is 6.08. The zero-order valence-corrected chi connectivity index (χ0v) is 16.7. The third-order valence-corrected chi connectivity index (χ3v) is 5.49. The SMILES string of the molecule is [C-]#[N+]c1cccc(C2(O)C(CC)N(c3ccc(F)cc3)C(=O)N2c2ccc(F)cc2)c1. The maximum atomic E-state index is 13.6. The van der Waals surface area contributed by atoms with Crippen molar-refractivity contribution in [1.29, 1.82) is 0 Å². The third kappa shape index (κ3) is 3.31. The summed E-state index contributed by atoms with van der Waals surface area (Å²) in [5.74, 6) is -0.921. The molecule has 31 heavy (non-hydrogen) atoms. The van der Waals surface area contributed by atoms with Gasteiger partial charge in [-0.2, -0.15) is 0 Å². The number of amides is 2. The van der Waals surface area contributed by atoms with E-state index in [0.717, 1.165) is 0 Å². The fourth-order valence-electron chi connectivity index (χ4n) is 4.10. The number of halogens is 2. The molecule has 1 saturated heterocycles. The number of aliphatic hydroxyl groups is 1. The monoisotopic (exact) mass is 419 g/mol. The first kappa shape index (κ1) is 20.5. The van der Waals surface area contributed by atoms with E-state index >= 15 is 0 Å². The van der Waals surface area contributed by atoms with E-state index in [1.807, 2.05) is 6.92 Å². The van der Waals surface area contributed by atoms with Gasteiger partial charge in [0.1, 0.15) is 11.6 Å². The van der Waals surface area contributed by atoms with Crippen molar-refractivity contribution in [3.05, 3.63) is 101 Å². The van der Waals surface area contributed by atoms with E-state index in [-0.39, 0.29) is 0 Å². The van der Waals surface area contributed by atoms with Crippen molar-refractivity contribution in [3.8, 4) is 0 Å². The highest BCUT2D eigenvalue weighted by Crippen LogP contribution is 2.46. The van der Waals surface area contributed by atoms with Crippen LogP contribution in [0.4, 0.5) is 30.6 Å². The van der Waals surface area contributed by atoms with Gasteiger partial charge in [-0.15, -0.1) is 0 Å². The molecule has 1 fully saturated rings. The molecule has 1 aliphatic rings. The van der Waals surface area contributed by atoms with Crippen molar-refractivity contribution in [3.63, 3.8) is 0 Å². The van der Waals surface area contributed by atoms with Crippen LogP contribution < -0.4 is 9.80 Å². The Kier molecular flexibility index (Phi) is 5.17. The van der Waals surface area contributed by atoms with E-state index in [2.05, 4.69) is 4.85 Å². The van der Waals surface area contributed by atoms with Gasteiger partial charge in [0.15, 0.2) is 11.4 Å². The Morgan fingerprint density at radius 1 is 1.00 bits per heavy atom. The first-order valence-electron chi connectivity index (χ1n) is 9.75. The maximum absolute atomic E-state index is 13.6. The van der Waals surface area contributed by atoms with Crippen LogP contribution in [0.1, 0.15) is 18.9 Å². The van der Waals surface area contributed by atoms with Crippen molar-refractivity contribution in [2.75, 3.05) is 9.80 Å². The minimum absolute atomic E-state index is 0.296. The van der Waals surface area contributed by atoms with E-state index < -0.39 is 29.4 Å². The lowest BCUT2D eigenvalue weighted by molar-refractivity contribution is 0.0307. The van der Waals surface area contributed by atoms with Crippen LogP contribution in [-0.2, 0) is 5.72 Å². The fourth-order valence-corrected chi connectivity index (χ4v) is 4.10. The molecule has 156 valence electrons. The minimum atomic E-state index is -1.85. The average molecular weight is 419 g/mol. The molecule has 7 heteroatoms. The maximum Gasteiger partial charge on any atom is 0.332 e. The number of nitrogens with zero attached hydrogens (tertiary/aromatic N) is 3. The quantitative estimate of drug-likeness (QED) is 0.561. The predicted octanol–water partition coefficient (Wildman–Crippen LogP) is 5.59. The molecule has 1 heterocycles. The molecule has 0 aromatic heterocycles. The van der Waals surface area contributed by atoms with E-state index in [1.54, 1.807) is 18.2 Å². The number of hydrogen-bond donors (Lipinski definition) is 1. The Bertz CT molecular complexity index is 1160. The van der Waals surface area contributed by atoms with Crippen LogP contribution in [0.3, 0.4) is 0 Å². The summed E-state index contributed by atoms with van der Waals surface area (Å²) in [5, 5.41) is 12.1. The number of anilines is 2. The van der Waals surface area contributed by atoms with Crippen LogP contribution in [-0.4, -0.2) is 17.2 Å². The number of hydrogen-bond acceptors (Lipinski definition) is 2.